The minimum atomic E-state index is 0.407. The number of benzene rings is 3. The van der Waals surface area contributed by atoms with Gasteiger partial charge in [-0.1, -0.05) is 42.0 Å². The number of rotatable bonds is 0. The van der Waals surface area contributed by atoms with E-state index in [1.165, 1.54) is 21.9 Å². The van der Waals surface area contributed by atoms with Crippen LogP contribution in [0.25, 0.3) is 21.5 Å². The molecule has 0 heterocycles. The number of fused-ring (bicyclic) bond motifs is 3. The fraction of sp³-hybridized carbons (Fsp3) is 0.176. The van der Waals surface area contributed by atoms with Crippen LogP contribution >= 0.6 is 0 Å². The number of hydrogen-bond acceptors (Lipinski definition) is 1. The second-order valence-electron chi connectivity index (χ2n) is 5.02. The van der Waals surface area contributed by atoms with Crippen molar-refractivity contribution in [3.05, 3.63) is 53.1 Å². The molecular weight excluding hydrogens is 220 g/mol. The fourth-order valence-corrected chi connectivity index (χ4v) is 2.92. The zero-order valence-corrected chi connectivity index (χ0v) is 10.9. The molecule has 3 rings (SSSR count). The van der Waals surface area contributed by atoms with Gasteiger partial charge in [0.15, 0.2) is 0 Å². The van der Waals surface area contributed by atoms with Crippen LogP contribution in [0.4, 0.5) is 0 Å². The number of phenols is 1. The molecule has 1 heteroatoms. The van der Waals surface area contributed by atoms with Gasteiger partial charge in [-0.15, -0.1) is 0 Å². The van der Waals surface area contributed by atoms with Crippen molar-refractivity contribution in [3.63, 3.8) is 0 Å². The van der Waals surface area contributed by atoms with Gasteiger partial charge in [-0.2, -0.15) is 0 Å². The molecule has 1 nitrogen and oxygen atoms in total. The van der Waals surface area contributed by atoms with Crippen LogP contribution in [-0.2, 0) is 0 Å². The molecule has 0 aliphatic rings. The third-order valence-corrected chi connectivity index (χ3v) is 3.68. The Morgan fingerprint density at radius 1 is 0.833 bits per heavy atom. The summed E-state index contributed by atoms with van der Waals surface area (Å²) in [4.78, 5) is 0. The van der Waals surface area contributed by atoms with Crippen LogP contribution in [-0.4, -0.2) is 5.11 Å². The van der Waals surface area contributed by atoms with Gasteiger partial charge in [0.2, 0.25) is 0 Å². The third kappa shape index (κ3) is 1.40. The van der Waals surface area contributed by atoms with Crippen LogP contribution in [0.3, 0.4) is 0 Å². The first-order chi connectivity index (χ1) is 8.59. The lowest BCUT2D eigenvalue weighted by Gasteiger charge is -2.13. The molecular formula is C17H16O. The molecule has 90 valence electrons. The van der Waals surface area contributed by atoms with E-state index in [2.05, 4.69) is 32.0 Å². The summed E-state index contributed by atoms with van der Waals surface area (Å²) in [7, 11) is 0. The first kappa shape index (κ1) is 11.1. The maximum atomic E-state index is 10.4. The van der Waals surface area contributed by atoms with E-state index < -0.39 is 0 Å². The molecule has 3 aromatic carbocycles. The molecule has 0 saturated carbocycles. The average molecular weight is 236 g/mol. The molecule has 0 spiro atoms. The highest BCUT2D eigenvalue weighted by molar-refractivity contribution is 6.13. The molecule has 0 saturated heterocycles. The normalized spacial score (nSPS) is 11.3. The van der Waals surface area contributed by atoms with Gasteiger partial charge < -0.3 is 5.11 Å². The van der Waals surface area contributed by atoms with Gasteiger partial charge in [0.25, 0.3) is 0 Å². The van der Waals surface area contributed by atoms with E-state index in [9.17, 15) is 5.11 Å². The topological polar surface area (TPSA) is 20.2 Å². The molecule has 0 bridgehead atoms. The van der Waals surface area contributed by atoms with Crippen molar-refractivity contribution in [2.24, 2.45) is 0 Å². The van der Waals surface area contributed by atoms with Crippen LogP contribution in [0.5, 0.6) is 5.75 Å². The van der Waals surface area contributed by atoms with Crippen molar-refractivity contribution in [2.75, 3.05) is 0 Å². The van der Waals surface area contributed by atoms with Crippen molar-refractivity contribution >= 4 is 21.5 Å². The maximum absolute atomic E-state index is 10.4. The van der Waals surface area contributed by atoms with Gasteiger partial charge >= 0.3 is 0 Å². The highest BCUT2D eigenvalue weighted by Crippen LogP contribution is 2.38. The summed E-state index contributed by atoms with van der Waals surface area (Å²) in [5.74, 6) is 0.407. The summed E-state index contributed by atoms with van der Waals surface area (Å²) in [5, 5.41) is 14.8. The Balaban J connectivity index is 2.69. The molecule has 0 aliphatic carbocycles. The van der Waals surface area contributed by atoms with Gasteiger partial charge in [0, 0.05) is 5.39 Å². The van der Waals surface area contributed by atoms with Gasteiger partial charge in [-0.05, 0) is 48.1 Å². The average Bonchev–Trinajstić information content (AvgIpc) is 2.35. The Hall–Kier alpha value is -2.02. The van der Waals surface area contributed by atoms with Crippen LogP contribution < -0.4 is 0 Å². The van der Waals surface area contributed by atoms with E-state index in [-0.39, 0.29) is 0 Å². The number of hydrogen-bond donors (Lipinski definition) is 1. The summed E-state index contributed by atoms with van der Waals surface area (Å²) >= 11 is 0. The largest absolute Gasteiger partial charge is 0.507 e. The first-order valence-electron chi connectivity index (χ1n) is 6.21. The summed E-state index contributed by atoms with van der Waals surface area (Å²) in [5.41, 5.74) is 3.46. The molecule has 1 N–H and O–H groups in total. The number of aryl methyl sites for hydroxylation is 3. The highest BCUT2D eigenvalue weighted by Gasteiger charge is 2.12. The van der Waals surface area contributed by atoms with Crippen molar-refractivity contribution < 1.29 is 5.11 Å². The first-order valence-corrected chi connectivity index (χ1v) is 6.21. The lowest BCUT2D eigenvalue weighted by Crippen LogP contribution is -1.89. The Kier molecular flexibility index (Phi) is 2.30. The molecule has 0 aromatic heterocycles. The van der Waals surface area contributed by atoms with Crippen molar-refractivity contribution in [2.45, 2.75) is 20.8 Å². The lowest BCUT2D eigenvalue weighted by atomic mass is 9.92. The zero-order chi connectivity index (χ0) is 12.9. The summed E-state index contributed by atoms with van der Waals surface area (Å²) < 4.78 is 0. The van der Waals surface area contributed by atoms with E-state index in [4.69, 9.17) is 0 Å². The van der Waals surface area contributed by atoms with E-state index in [0.29, 0.717) is 5.75 Å². The predicted octanol–water partition coefficient (Wildman–Crippen LogP) is 4.62. The third-order valence-electron chi connectivity index (χ3n) is 3.68. The smallest absolute Gasteiger partial charge is 0.126 e. The lowest BCUT2D eigenvalue weighted by molar-refractivity contribution is 0.478. The van der Waals surface area contributed by atoms with E-state index in [1.54, 1.807) is 0 Å². The summed E-state index contributed by atoms with van der Waals surface area (Å²) in [6.45, 7) is 6.21. The minimum Gasteiger partial charge on any atom is -0.507 e. The molecule has 0 aliphatic heterocycles. The van der Waals surface area contributed by atoms with Crippen molar-refractivity contribution in [3.8, 4) is 5.75 Å². The second kappa shape index (κ2) is 3.74. The van der Waals surface area contributed by atoms with E-state index in [0.717, 1.165) is 16.3 Å². The molecule has 0 radical (unpaired) electrons. The zero-order valence-electron chi connectivity index (χ0n) is 10.9. The van der Waals surface area contributed by atoms with E-state index >= 15 is 0 Å². The highest BCUT2D eigenvalue weighted by atomic mass is 16.3. The fourth-order valence-electron chi connectivity index (χ4n) is 2.92. The van der Waals surface area contributed by atoms with Crippen molar-refractivity contribution in [1.29, 1.82) is 0 Å². The Bertz CT molecular complexity index is 770. The van der Waals surface area contributed by atoms with Gasteiger partial charge in [0.05, 0.1) is 0 Å². The Labute approximate surface area is 107 Å². The predicted molar refractivity (Wildman–Crippen MR) is 77.3 cm³/mol. The van der Waals surface area contributed by atoms with Gasteiger partial charge in [-0.3, -0.25) is 0 Å². The van der Waals surface area contributed by atoms with Crippen LogP contribution in [0.15, 0.2) is 36.4 Å². The molecule has 3 aromatic rings. The molecule has 18 heavy (non-hydrogen) atoms. The van der Waals surface area contributed by atoms with Crippen molar-refractivity contribution in [1.82, 2.24) is 0 Å². The summed E-state index contributed by atoms with van der Waals surface area (Å²) in [6.07, 6.45) is 0. The van der Waals surface area contributed by atoms with Gasteiger partial charge in [0.1, 0.15) is 5.75 Å². The SMILES string of the molecule is Cc1cc(C)c2c(C)c(O)c3ccccc3c2c1. The molecule has 0 fully saturated rings. The quantitative estimate of drug-likeness (QED) is 0.564. The van der Waals surface area contributed by atoms with E-state index in [1.807, 2.05) is 25.1 Å². The molecule has 0 unspecified atom stereocenters. The Morgan fingerprint density at radius 2 is 1.50 bits per heavy atom. The Morgan fingerprint density at radius 3 is 2.22 bits per heavy atom. The minimum absolute atomic E-state index is 0.407. The molecule has 0 amide bonds. The second-order valence-corrected chi connectivity index (χ2v) is 5.02. The van der Waals surface area contributed by atoms with Crippen LogP contribution in [0.2, 0.25) is 0 Å². The number of phenolic OH excluding ortho intramolecular Hbond substituents is 1. The standard InChI is InChI=1S/C17H16O/c1-10-8-11(2)16-12(3)17(18)14-7-5-4-6-13(14)15(16)9-10/h4-9,18H,1-3H3. The van der Waals surface area contributed by atoms with Crippen LogP contribution in [0.1, 0.15) is 16.7 Å². The molecule has 0 atom stereocenters. The number of aromatic hydroxyl groups is 1. The maximum Gasteiger partial charge on any atom is 0.126 e. The van der Waals surface area contributed by atoms with Crippen LogP contribution in [0, 0.1) is 20.8 Å². The monoisotopic (exact) mass is 236 g/mol. The van der Waals surface area contributed by atoms with Gasteiger partial charge in [-0.25, -0.2) is 0 Å². The summed E-state index contributed by atoms with van der Waals surface area (Å²) in [6, 6.07) is 12.4.